The summed E-state index contributed by atoms with van der Waals surface area (Å²) in [6.07, 6.45) is 1.86. The predicted molar refractivity (Wildman–Crippen MR) is 62.1 cm³/mol. The maximum Gasteiger partial charge on any atom is 0.118 e. The largest absolute Gasteiger partial charge is 0.465 e. The number of imidazole rings is 1. The monoisotopic (exact) mass is 219 g/mol. The Bertz CT molecular complexity index is 496. The highest BCUT2D eigenvalue weighted by atomic mass is 16.3. The zero-order valence-electron chi connectivity index (χ0n) is 9.95. The fraction of sp³-hybridized carbons (Fsp3) is 0.417. The van der Waals surface area contributed by atoms with Crippen molar-refractivity contribution in [1.29, 1.82) is 0 Å². The highest BCUT2D eigenvalue weighted by Gasteiger charge is 2.09. The standard InChI is InChI=1S/C12H17N3O/c1-8-9(2)15(7-14-8)6-11-4-12(5-13)16-10(11)3/h4,7H,5-6,13H2,1-3H3. The van der Waals surface area contributed by atoms with E-state index in [1.807, 2.05) is 26.2 Å². The van der Waals surface area contributed by atoms with Crippen molar-refractivity contribution in [2.75, 3.05) is 0 Å². The quantitative estimate of drug-likeness (QED) is 0.857. The van der Waals surface area contributed by atoms with Gasteiger partial charge in [-0.15, -0.1) is 0 Å². The fourth-order valence-corrected chi connectivity index (χ4v) is 1.73. The van der Waals surface area contributed by atoms with Crippen molar-refractivity contribution in [2.45, 2.75) is 33.9 Å². The van der Waals surface area contributed by atoms with Gasteiger partial charge in [-0.05, 0) is 26.8 Å². The molecule has 2 N–H and O–H groups in total. The summed E-state index contributed by atoms with van der Waals surface area (Å²) in [6.45, 7) is 7.29. The molecular weight excluding hydrogens is 202 g/mol. The Morgan fingerprint density at radius 2 is 2.12 bits per heavy atom. The second-order valence-corrected chi connectivity index (χ2v) is 4.04. The van der Waals surface area contributed by atoms with E-state index in [1.165, 1.54) is 11.3 Å². The number of furan rings is 1. The number of aromatic nitrogens is 2. The number of nitrogens with two attached hydrogens (primary N) is 1. The topological polar surface area (TPSA) is 57.0 Å². The van der Waals surface area contributed by atoms with Crippen LogP contribution in [-0.4, -0.2) is 9.55 Å². The van der Waals surface area contributed by atoms with Crippen LogP contribution >= 0.6 is 0 Å². The number of nitrogens with zero attached hydrogens (tertiary/aromatic N) is 2. The summed E-state index contributed by atoms with van der Waals surface area (Å²) in [5, 5.41) is 0. The van der Waals surface area contributed by atoms with Gasteiger partial charge in [0.2, 0.25) is 0 Å². The lowest BCUT2D eigenvalue weighted by Gasteiger charge is -2.03. The minimum atomic E-state index is 0.447. The van der Waals surface area contributed by atoms with Crippen molar-refractivity contribution in [3.8, 4) is 0 Å². The van der Waals surface area contributed by atoms with Crippen molar-refractivity contribution in [2.24, 2.45) is 5.73 Å². The Kier molecular flexibility index (Phi) is 2.83. The lowest BCUT2D eigenvalue weighted by molar-refractivity contribution is 0.481. The van der Waals surface area contributed by atoms with Gasteiger partial charge in [0, 0.05) is 11.3 Å². The van der Waals surface area contributed by atoms with Gasteiger partial charge in [0.1, 0.15) is 11.5 Å². The average molecular weight is 219 g/mol. The van der Waals surface area contributed by atoms with Crippen LogP contribution < -0.4 is 5.73 Å². The van der Waals surface area contributed by atoms with Crippen molar-refractivity contribution in [3.63, 3.8) is 0 Å². The van der Waals surface area contributed by atoms with Crippen molar-refractivity contribution in [3.05, 3.63) is 40.9 Å². The molecule has 2 aromatic heterocycles. The molecular formula is C12H17N3O. The van der Waals surface area contributed by atoms with Crippen LogP contribution in [0, 0.1) is 20.8 Å². The van der Waals surface area contributed by atoms with Crippen LogP contribution in [0.4, 0.5) is 0 Å². The number of rotatable bonds is 3. The minimum Gasteiger partial charge on any atom is -0.465 e. The zero-order chi connectivity index (χ0) is 11.7. The van der Waals surface area contributed by atoms with E-state index in [-0.39, 0.29) is 0 Å². The highest BCUT2D eigenvalue weighted by Crippen LogP contribution is 2.17. The number of aryl methyl sites for hydroxylation is 2. The molecule has 2 rings (SSSR count). The van der Waals surface area contributed by atoms with E-state index < -0.39 is 0 Å². The summed E-state index contributed by atoms with van der Waals surface area (Å²) in [5.74, 6) is 1.77. The first kappa shape index (κ1) is 11.0. The Balaban J connectivity index is 2.26. The van der Waals surface area contributed by atoms with Gasteiger partial charge >= 0.3 is 0 Å². The van der Waals surface area contributed by atoms with Crippen LogP contribution in [0.1, 0.15) is 28.5 Å². The molecule has 86 valence electrons. The molecule has 2 aromatic rings. The van der Waals surface area contributed by atoms with E-state index in [2.05, 4.69) is 16.5 Å². The summed E-state index contributed by atoms with van der Waals surface area (Å²) in [7, 11) is 0. The molecule has 4 nitrogen and oxygen atoms in total. The van der Waals surface area contributed by atoms with Crippen molar-refractivity contribution < 1.29 is 4.42 Å². The van der Waals surface area contributed by atoms with E-state index in [4.69, 9.17) is 10.2 Å². The predicted octanol–water partition coefficient (Wildman–Crippen LogP) is 1.91. The van der Waals surface area contributed by atoms with Crippen LogP contribution in [0.5, 0.6) is 0 Å². The molecule has 0 aliphatic heterocycles. The maximum absolute atomic E-state index is 5.55. The van der Waals surface area contributed by atoms with E-state index in [0.717, 1.165) is 23.8 Å². The normalized spacial score (nSPS) is 11.0. The van der Waals surface area contributed by atoms with E-state index >= 15 is 0 Å². The lowest BCUT2D eigenvalue weighted by atomic mass is 10.2. The van der Waals surface area contributed by atoms with Crippen molar-refractivity contribution in [1.82, 2.24) is 9.55 Å². The van der Waals surface area contributed by atoms with E-state index in [1.54, 1.807) is 0 Å². The first-order valence-electron chi connectivity index (χ1n) is 5.38. The molecule has 0 amide bonds. The van der Waals surface area contributed by atoms with Crippen LogP contribution in [0.2, 0.25) is 0 Å². The van der Waals surface area contributed by atoms with Crippen LogP contribution in [0.25, 0.3) is 0 Å². The van der Waals surface area contributed by atoms with Gasteiger partial charge in [-0.2, -0.15) is 0 Å². The molecule has 0 fully saturated rings. The lowest BCUT2D eigenvalue weighted by Crippen LogP contribution is -2.00. The van der Waals surface area contributed by atoms with Gasteiger partial charge in [-0.3, -0.25) is 0 Å². The number of hydrogen-bond donors (Lipinski definition) is 1. The third-order valence-corrected chi connectivity index (χ3v) is 2.96. The molecule has 0 aliphatic carbocycles. The Morgan fingerprint density at radius 3 is 2.62 bits per heavy atom. The molecule has 0 aliphatic rings. The third-order valence-electron chi connectivity index (χ3n) is 2.96. The summed E-state index contributed by atoms with van der Waals surface area (Å²) in [5.41, 5.74) is 8.97. The smallest absolute Gasteiger partial charge is 0.118 e. The second kappa shape index (κ2) is 4.14. The molecule has 0 atom stereocenters. The minimum absolute atomic E-state index is 0.447. The molecule has 0 unspecified atom stereocenters. The van der Waals surface area contributed by atoms with Gasteiger partial charge in [-0.1, -0.05) is 0 Å². The highest BCUT2D eigenvalue weighted by molar-refractivity contribution is 5.22. The Morgan fingerprint density at radius 1 is 1.38 bits per heavy atom. The summed E-state index contributed by atoms with van der Waals surface area (Å²) < 4.78 is 7.64. The summed E-state index contributed by atoms with van der Waals surface area (Å²) in [6, 6.07) is 2.02. The molecule has 2 heterocycles. The van der Waals surface area contributed by atoms with Crippen LogP contribution in [-0.2, 0) is 13.1 Å². The SMILES string of the molecule is Cc1ncn(Cc2cc(CN)oc2C)c1C. The van der Waals surface area contributed by atoms with Crippen LogP contribution in [0.15, 0.2) is 16.8 Å². The maximum atomic E-state index is 5.55. The van der Waals surface area contributed by atoms with Gasteiger partial charge in [-0.25, -0.2) is 4.98 Å². The molecule has 16 heavy (non-hydrogen) atoms. The Labute approximate surface area is 95.1 Å². The van der Waals surface area contributed by atoms with Gasteiger partial charge < -0.3 is 14.7 Å². The molecule has 4 heteroatoms. The third kappa shape index (κ3) is 1.88. The van der Waals surface area contributed by atoms with Crippen molar-refractivity contribution >= 4 is 0 Å². The zero-order valence-corrected chi connectivity index (χ0v) is 9.95. The molecule has 0 bridgehead atoms. The fourth-order valence-electron chi connectivity index (χ4n) is 1.73. The summed E-state index contributed by atoms with van der Waals surface area (Å²) >= 11 is 0. The molecule has 0 saturated carbocycles. The molecule has 0 saturated heterocycles. The van der Waals surface area contributed by atoms with E-state index in [0.29, 0.717) is 6.54 Å². The molecule has 0 spiro atoms. The second-order valence-electron chi connectivity index (χ2n) is 4.04. The summed E-state index contributed by atoms with van der Waals surface area (Å²) in [4.78, 5) is 4.28. The van der Waals surface area contributed by atoms with E-state index in [9.17, 15) is 0 Å². The molecule has 0 radical (unpaired) electrons. The Hall–Kier alpha value is -1.55. The van der Waals surface area contributed by atoms with Crippen LogP contribution in [0.3, 0.4) is 0 Å². The average Bonchev–Trinajstić information content (AvgIpc) is 2.77. The van der Waals surface area contributed by atoms with Gasteiger partial charge in [0.05, 0.1) is 25.1 Å². The van der Waals surface area contributed by atoms with Gasteiger partial charge in [0.25, 0.3) is 0 Å². The molecule has 0 aromatic carbocycles. The first-order chi connectivity index (χ1) is 7.61. The number of hydrogen-bond acceptors (Lipinski definition) is 3. The van der Waals surface area contributed by atoms with Gasteiger partial charge in [0.15, 0.2) is 0 Å². The first-order valence-corrected chi connectivity index (χ1v) is 5.38.